The molecule has 0 saturated heterocycles. The van der Waals surface area contributed by atoms with E-state index in [0.717, 1.165) is 17.0 Å². The van der Waals surface area contributed by atoms with Crippen molar-refractivity contribution < 1.29 is 4.74 Å². The van der Waals surface area contributed by atoms with E-state index >= 15 is 0 Å². The van der Waals surface area contributed by atoms with Gasteiger partial charge < -0.3 is 15.0 Å². The van der Waals surface area contributed by atoms with Gasteiger partial charge in [-0.3, -0.25) is 0 Å². The van der Waals surface area contributed by atoms with Gasteiger partial charge in [0, 0.05) is 17.6 Å². The fraction of sp³-hybridized carbons (Fsp3) is 0.438. The fourth-order valence-electron chi connectivity index (χ4n) is 2.42. The third kappa shape index (κ3) is 2.70. The van der Waals surface area contributed by atoms with Crippen molar-refractivity contribution >= 4 is 0 Å². The summed E-state index contributed by atoms with van der Waals surface area (Å²) in [6.07, 6.45) is 6.29. The molecule has 4 nitrogen and oxygen atoms in total. The zero-order valence-corrected chi connectivity index (χ0v) is 12.0. The SMILES string of the molecule is Cc1ccc([C@@H](C)N)c(OCc2cncn2C2CC2)c1. The number of benzene rings is 1. The maximum Gasteiger partial charge on any atom is 0.130 e. The predicted molar refractivity (Wildman–Crippen MR) is 78.6 cm³/mol. The number of hydrogen-bond donors (Lipinski definition) is 1. The maximum atomic E-state index is 6.00. The molecule has 1 aliphatic carbocycles. The Morgan fingerprint density at radius 2 is 2.25 bits per heavy atom. The van der Waals surface area contributed by atoms with Crippen LogP contribution in [0.4, 0.5) is 0 Å². The van der Waals surface area contributed by atoms with Gasteiger partial charge in [0.15, 0.2) is 0 Å². The van der Waals surface area contributed by atoms with Crippen molar-refractivity contribution in [2.24, 2.45) is 5.73 Å². The van der Waals surface area contributed by atoms with Crippen LogP contribution in [0.25, 0.3) is 0 Å². The zero-order valence-electron chi connectivity index (χ0n) is 12.0. The molecule has 0 unspecified atom stereocenters. The third-order valence-corrected chi connectivity index (χ3v) is 3.72. The van der Waals surface area contributed by atoms with Gasteiger partial charge in [-0.05, 0) is 38.3 Å². The Hall–Kier alpha value is -1.81. The van der Waals surface area contributed by atoms with Gasteiger partial charge in [-0.1, -0.05) is 12.1 Å². The number of rotatable bonds is 5. The van der Waals surface area contributed by atoms with E-state index in [2.05, 4.69) is 28.6 Å². The van der Waals surface area contributed by atoms with E-state index in [9.17, 15) is 0 Å². The molecule has 2 aromatic rings. The van der Waals surface area contributed by atoms with Gasteiger partial charge in [-0.2, -0.15) is 0 Å². The van der Waals surface area contributed by atoms with Crippen LogP contribution in [0.2, 0.25) is 0 Å². The minimum absolute atomic E-state index is 0.0288. The van der Waals surface area contributed by atoms with Gasteiger partial charge in [0.1, 0.15) is 12.4 Å². The predicted octanol–water partition coefficient (Wildman–Crippen LogP) is 3.13. The molecule has 20 heavy (non-hydrogen) atoms. The van der Waals surface area contributed by atoms with Gasteiger partial charge in [-0.15, -0.1) is 0 Å². The normalized spacial score (nSPS) is 16.1. The van der Waals surface area contributed by atoms with E-state index in [1.54, 1.807) is 0 Å². The standard InChI is InChI=1S/C16H21N3O/c1-11-3-6-15(12(2)17)16(7-11)20-9-14-8-18-10-19(14)13-4-5-13/h3,6-8,10,12-13H,4-5,9,17H2,1-2H3/t12-/m1/s1. The first kappa shape index (κ1) is 13.2. The lowest BCUT2D eigenvalue weighted by molar-refractivity contribution is 0.290. The summed E-state index contributed by atoms with van der Waals surface area (Å²) in [6, 6.07) is 6.77. The molecule has 0 amide bonds. The second-order valence-corrected chi connectivity index (χ2v) is 5.64. The van der Waals surface area contributed by atoms with Gasteiger partial charge in [-0.25, -0.2) is 4.98 Å². The summed E-state index contributed by atoms with van der Waals surface area (Å²) in [5.41, 5.74) is 9.36. The van der Waals surface area contributed by atoms with Gasteiger partial charge >= 0.3 is 0 Å². The van der Waals surface area contributed by atoms with Crippen LogP contribution < -0.4 is 10.5 Å². The van der Waals surface area contributed by atoms with Crippen LogP contribution in [0.15, 0.2) is 30.7 Å². The highest BCUT2D eigenvalue weighted by molar-refractivity contribution is 5.39. The minimum atomic E-state index is -0.0288. The summed E-state index contributed by atoms with van der Waals surface area (Å²) in [5, 5.41) is 0. The van der Waals surface area contributed by atoms with E-state index in [0.29, 0.717) is 12.6 Å². The van der Waals surface area contributed by atoms with E-state index in [4.69, 9.17) is 10.5 Å². The highest BCUT2D eigenvalue weighted by Crippen LogP contribution is 2.36. The van der Waals surface area contributed by atoms with Crippen LogP contribution in [0.1, 0.15) is 48.7 Å². The molecule has 1 aromatic carbocycles. The summed E-state index contributed by atoms with van der Waals surface area (Å²) in [7, 11) is 0. The Kier molecular flexibility index (Phi) is 3.49. The van der Waals surface area contributed by atoms with Crippen molar-refractivity contribution in [2.45, 2.75) is 45.4 Å². The molecule has 1 atom stereocenters. The highest BCUT2D eigenvalue weighted by atomic mass is 16.5. The summed E-state index contributed by atoms with van der Waals surface area (Å²) in [4.78, 5) is 4.23. The second-order valence-electron chi connectivity index (χ2n) is 5.64. The number of hydrogen-bond acceptors (Lipinski definition) is 3. The van der Waals surface area contributed by atoms with Gasteiger partial charge in [0.05, 0.1) is 18.2 Å². The Bertz CT molecular complexity index is 600. The molecule has 4 heteroatoms. The Labute approximate surface area is 119 Å². The summed E-state index contributed by atoms with van der Waals surface area (Å²) in [6.45, 7) is 4.58. The molecule has 1 aliphatic rings. The molecule has 1 heterocycles. The van der Waals surface area contributed by atoms with E-state index in [-0.39, 0.29) is 6.04 Å². The number of nitrogens with two attached hydrogens (primary N) is 1. The van der Waals surface area contributed by atoms with Gasteiger partial charge in [0.2, 0.25) is 0 Å². The summed E-state index contributed by atoms with van der Waals surface area (Å²) < 4.78 is 8.22. The van der Waals surface area contributed by atoms with Crippen molar-refractivity contribution in [1.82, 2.24) is 9.55 Å². The number of nitrogens with zero attached hydrogens (tertiary/aromatic N) is 2. The average molecular weight is 271 g/mol. The average Bonchev–Trinajstić information content (AvgIpc) is 3.15. The molecular formula is C16H21N3O. The van der Waals surface area contributed by atoms with E-state index < -0.39 is 0 Å². The molecule has 1 fully saturated rings. The molecular weight excluding hydrogens is 250 g/mol. The minimum Gasteiger partial charge on any atom is -0.487 e. The van der Waals surface area contributed by atoms with E-state index in [1.165, 1.54) is 18.4 Å². The van der Waals surface area contributed by atoms with E-state index in [1.807, 2.05) is 25.5 Å². The topological polar surface area (TPSA) is 53.1 Å². The van der Waals surface area contributed by atoms with Crippen LogP contribution in [-0.4, -0.2) is 9.55 Å². The van der Waals surface area contributed by atoms with Crippen molar-refractivity contribution in [3.8, 4) is 5.75 Å². The fourth-order valence-corrected chi connectivity index (χ4v) is 2.42. The van der Waals surface area contributed by atoms with Crippen LogP contribution in [-0.2, 0) is 6.61 Å². The first-order valence-electron chi connectivity index (χ1n) is 7.15. The molecule has 3 rings (SSSR count). The quantitative estimate of drug-likeness (QED) is 0.909. The molecule has 0 radical (unpaired) electrons. The molecule has 2 N–H and O–H groups in total. The summed E-state index contributed by atoms with van der Waals surface area (Å²) >= 11 is 0. The number of aryl methyl sites for hydroxylation is 1. The lowest BCUT2D eigenvalue weighted by atomic mass is 10.1. The largest absolute Gasteiger partial charge is 0.487 e. The third-order valence-electron chi connectivity index (χ3n) is 3.72. The van der Waals surface area contributed by atoms with Crippen LogP contribution >= 0.6 is 0 Å². The lowest BCUT2D eigenvalue weighted by Gasteiger charge is -2.15. The maximum absolute atomic E-state index is 6.00. The molecule has 106 valence electrons. The molecule has 0 aliphatic heterocycles. The first-order chi connectivity index (χ1) is 9.65. The van der Waals surface area contributed by atoms with Crippen LogP contribution in [0, 0.1) is 6.92 Å². The Morgan fingerprint density at radius 1 is 1.45 bits per heavy atom. The number of aromatic nitrogens is 2. The summed E-state index contributed by atoms with van der Waals surface area (Å²) in [5.74, 6) is 0.878. The van der Waals surface area contributed by atoms with Crippen molar-refractivity contribution in [1.29, 1.82) is 0 Å². The van der Waals surface area contributed by atoms with Gasteiger partial charge in [0.25, 0.3) is 0 Å². The Morgan fingerprint density at radius 3 is 2.95 bits per heavy atom. The smallest absolute Gasteiger partial charge is 0.130 e. The molecule has 0 bridgehead atoms. The highest BCUT2D eigenvalue weighted by Gasteiger charge is 2.25. The number of ether oxygens (including phenoxy) is 1. The van der Waals surface area contributed by atoms with Crippen molar-refractivity contribution in [3.05, 3.63) is 47.5 Å². The zero-order chi connectivity index (χ0) is 14.1. The van der Waals surface area contributed by atoms with Crippen molar-refractivity contribution in [2.75, 3.05) is 0 Å². The molecule has 0 spiro atoms. The monoisotopic (exact) mass is 271 g/mol. The molecule has 1 aromatic heterocycles. The first-order valence-corrected chi connectivity index (χ1v) is 7.15. The number of imidazole rings is 1. The Balaban J connectivity index is 1.77. The van der Waals surface area contributed by atoms with Crippen LogP contribution in [0.5, 0.6) is 5.75 Å². The van der Waals surface area contributed by atoms with Crippen LogP contribution in [0.3, 0.4) is 0 Å². The lowest BCUT2D eigenvalue weighted by Crippen LogP contribution is -2.09. The molecule has 1 saturated carbocycles. The van der Waals surface area contributed by atoms with Crippen molar-refractivity contribution in [3.63, 3.8) is 0 Å². The second kappa shape index (κ2) is 5.29.